The van der Waals surface area contributed by atoms with Crippen LogP contribution in [0.3, 0.4) is 0 Å². The van der Waals surface area contributed by atoms with Gasteiger partial charge in [0.1, 0.15) is 0 Å². The van der Waals surface area contributed by atoms with Gasteiger partial charge in [0, 0.05) is 0 Å². The SMILES string of the molecule is Cc1cc(C)cc(-c2ccc(-c3cc(C)cc(C)c3)c3[cH-]c(CC4CCCCC4)cc23)c1.Cc1cc(C)cc(-c2ccc(-c3cc(C)cc(C)c3)c3[cH-]c(CC4CCCCC4)cc23)c1.Cl.Cl.[CH3-].[CH3-].[Si]=[Zr]. The number of fused-ring (bicyclic) bond motifs is 2. The van der Waals surface area contributed by atoms with E-state index in [0.717, 1.165) is 11.8 Å². The molecule has 10 rings (SSSR count). The summed E-state index contributed by atoms with van der Waals surface area (Å²) in [5.74, 6) is 1.71. The molecule has 0 saturated heterocycles. The number of hydrogen-bond acceptors (Lipinski definition) is 0. The number of aryl methyl sites for hydroxylation is 8. The van der Waals surface area contributed by atoms with E-state index in [1.807, 2.05) is 0 Å². The van der Waals surface area contributed by atoms with E-state index in [2.05, 4.69) is 184 Å². The van der Waals surface area contributed by atoms with Crippen molar-refractivity contribution in [3.8, 4) is 44.5 Å². The molecule has 0 unspecified atom stereocenters. The zero-order valence-electron chi connectivity index (χ0n) is 44.0. The maximum absolute atomic E-state index is 3.06. The van der Waals surface area contributed by atoms with Gasteiger partial charge in [-0.05, 0) is 91.2 Å². The molecule has 2 saturated carbocycles. The van der Waals surface area contributed by atoms with E-state index in [1.54, 1.807) is 0 Å². The van der Waals surface area contributed by atoms with Crippen molar-refractivity contribution in [2.75, 3.05) is 0 Å². The Morgan fingerprint density at radius 3 is 0.886 bits per heavy atom. The standard InChI is InChI=1S/2C32H35.2CH3.2ClH.Si.Zr/c2*1-21-12-22(2)15-27(14-21)29-10-11-30(28-16-23(3)13-24(4)17-28)32-20-26(19-31(29)32)18-25-8-6-5-7-9-25;;;;;;/h2*10-17,19-20,25H,5-9,18H2,1-4H3;2*1H3;2*1H;;/q4*-1;;;;. The summed E-state index contributed by atoms with van der Waals surface area (Å²) in [6, 6.07) is 47.2. The van der Waals surface area contributed by atoms with Crippen molar-refractivity contribution in [2.24, 2.45) is 11.8 Å². The molecule has 2 fully saturated rings. The molecule has 8 aromatic rings. The molecule has 2 aliphatic carbocycles. The van der Waals surface area contributed by atoms with Crippen LogP contribution in [0.15, 0.2) is 121 Å². The zero-order chi connectivity index (χ0) is 46.5. The second-order valence-electron chi connectivity index (χ2n) is 20.6. The van der Waals surface area contributed by atoms with E-state index in [1.165, 1.54) is 222 Å². The van der Waals surface area contributed by atoms with Crippen molar-refractivity contribution in [2.45, 2.75) is 132 Å². The van der Waals surface area contributed by atoms with Gasteiger partial charge >= 0.3 is 30.2 Å². The predicted molar refractivity (Wildman–Crippen MR) is 312 cm³/mol. The number of rotatable bonds is 8. The Morgan fingerprint density at radius 2 is 0.614 bits per heavy atom. The van der Waals surface area contributed by atoms with Gasteiger partial charge in [-0.25, -0.2) is 0 Å². The first-order chi connectivity index (χ1) is 31.9. The predicted octanol–water partition coefficient (Wildman–Crippen LogP) is 19.9. The Morgan fingerprint density at radius 1 is 0.371 bits per heavy atom. The Labute approximate surface area is 453 Å². The van der Waals surface area contributed by atoms with Crippen LogP contribution < -0.4 is 0 Å². The van der Waals surface area contributed by atoms with Gasteiger partial charge in [0.2, 0.25) is 0 Å². The molecule has 368 valence electrons. The number of hydrogen-bond donors (Lipinski definition) is 0. The summed E-state index contributed by atoms with van der Waals surface area (Å²) in [6.07, 6.45) is 16.5. The fraction of sp³-hybridized carbons (Fsp3) is 0.333. The van der Waals surface area contributed by atoms with E-state index in [4.69, 9.17) is 0 Å². The van der Waals surface area contributed by atoms with E-state index in [0.29, 0.717) is 0 Å². The first-order valence-corrected chi connectivity index (χ1v) is 29.2. The van der Waals surface area contributed by atoms with Crippen LogP contribution in [0.25, 0.3) is 66.1 Å². The van der Waals surface area contributed by atoms with Crippen LogP contribution in [0.1, 0.15) is 120 Å². The second-order valence-corrected chi connectivity index (χ2v) is 20.6. The fourth-order valence-electron chi connectivity index (χ4n) is 11.9. The van der Waals surface area contributed by atoms with Gasteiger partial charge in [0.05, 0.1) is 0 Å². The van der Waals surface area contributed by atoms with E-state index < -0.39 is 0 Å². The van der Waals surface area contributed by atoms with Gasteiger partial charge in [-0.1, -0.05) is 239 Å². The van der Waals surface area contributed by atoms with Crippen LogP contribution in [0.4, 0.5) is 0 Å². The van der Waals surface area contributed by atoms with Crippen molar-refractivity contribution < 1.29 is 23.3 Å². The summed E-state index contributed by atoms with van der Waals surface area (Å²) >= 11 is 1.36. The molecular weight excluding hydrogens is 983 g/mol. The van der Waals surface area contributed by atoms with Crippen LogP contribution in [-0.4, -0.2) is 6.88 Å². The molecule has 2 aliphatic rings. The monoisotopic (exact) mass is 1060 g/mol. The minimum atomic E-state index is 0. The molecule has 2 radical (unpaired) electrons. The van der Waals surface area contributed by atoms with Crippen LogP contribution >= 0.6 is 24.8 Å². The third kappa shape index (κ3) is 14.2. The Hall–Kier alpha value is -3.78. The molecule has 8 aromatic carbocycles. The fourth-order valence-corrected chi connectivity index (χ4v) is 11.9. The summed E-state index contributed by atoms with van der Waals surface area (Å²) < 4.78 is 0. The van der Waals surface area contributed by atoms with Crippen molar-refractivity contribution in [3.05, 3.63) is 192 Å². The van der Waals surface area contributed by atoms with Gasteiger partial charge in [-0.15, -0.1) is 69.6 Å². The van der Waals surface area contributed by atoms with E-state index >= 15 is 0 Å². The van der Waals surface area contributed by atoms with Gasteiger partial charge in [-0.3, -0.25) is 0 Å². The third-order valence-electron chi connectivity index (χ3n) is 14.5. The Bertz CT molecular complexity index is 2510. The Kier molecular flexibility index (Phi) is 22.5. The van der Waals surface area contributed by atoms with Gasteiger partial charge in [-0.2, -0.15) is 12.1 Å². The van der Waals surface area contributed by atoms with E-state index in [9.17, 15) is 0 Å². The van der Waals surface area contributed by atoms with Crippen LogP contribution in [-0.2, 0) is 36.2 Å². The molecule has 0 aromatic heterocycles. The van der Waals surface area contributed by atoms with Crippen molar-refractivity contribution >= 4 is 53.2 Å². The average Bonchev–Trinajstić information content (AvgIpc) is 3.90. The molecule has 0 N–H and O–H groups in total. The first kappa shape index (κ1) is 58.8. The molecule has 0 spiro atoms. The molecule has 70 heavy (non-hydrogen) atoms. The van der Waals surface area contributed by atoms with Crippen molar-refractivity contribution in [1.29, 1.82) is 0 Å². The molecule has 0 atom stereocenters. The molecule has 0 heterocycles. The van der Waals surface area contributed by atoms with Gasteiger partial charge in [0.25, 0.3) is 0 Å². The topological polar surface area (TPSA) is 0 Å². The molecule has 0 nitrogen and oxygen atoms in total. The van der Waals surface area contributed by atoms with Crippen LogP contribution in [0, 0.1) is 82.1 Å². The van der Waals surface area contributed by atoms with Gasteiger partial charge in [0.15, 0.2) is 0 Å². The molecule has 0 amide bonds. The molecule has 0 bridgehead atoms. The van der Waals surface area contributed by atoms with Crippen LogP contribution in [0.2, 0.25) is 0 Å². The molecule has 0 aliphatic heterocycles. The first-order valence-electron chi connectivity index (χ1n) is 25.0. The quantitative estimate of drug-likeness (QED) is 0.105. The normalized spacial score (nSPS) is 13.6. The summed E-state index contributed by atoms with van der Waals surface area (Å²) in [4.78, 5) is 0. The Balaban J connectivity index is 0.000000279. The van der Waals surface area contributed by atoms with Crippen LogP contribution in [0.5, 0.6) is 0 Å². The number of benzene rings is 6. The summed E-state index contributed by atoms with van der Waals surface area (Å²) in [7, 11) is 0. The minimum absolute atomic E-state index is 0. The average molecular weight is 1060 g/mol. The molecule has 4 heteroatoms. The maximum atomic E-state index is 3.06. The third-order valence-corrected chi connectivity index (χ3v) is 14.5. The van der Waals surface area contributed by atoms with Crippen molar-refractivity contribution in [1.82, 2.24) is 0 Å². The summed E-state index contributed by atoms with van der Waals surface area (Å²) in [5, 5.41) is 5.66. The summed E-state index contributed by atoms with van der Waals surface area (Å²) in [5.41, 5.74) is 24.6. The van der Waals surface area contributed by atoms with Gasteiger partial charge < -0.3 is 14.9 Å². The van der Waals surface area contributed by atoms with E-state index in [-0.39, 0.29) is 39.7 Å². The molecular formula is C66H78Cl2SiZr-4. The second kappa shape index (κ2) is 26.8. The number of halogens is 2. The summed E-state index contributed by atoms with van der Waals surface area (Å²) in [6.45, 7) is 20.7. The zero-order valence-corrected chi connectivity index (χ0v) is 49.1. The van der Waals surface area contributed by atoms with Crippen molar-refractivity contribution in [3.63, 3.8) is 0 Å².